The molecule has 0 aromatic rings. The summed E-state index contributed by atoms with van der Waals surface area (Å²) in [6, 6.07) is 0. The molecule has 0 aliphatic heterocycles. The zero-order valence-corrected chi connectivity index (χ0v) is 5.70. The molecule has 0 bridgehead atoms. The molecular formula is C6H10F3N. The number of hydrogen-bond donors (Lipinski definition) is 1. The monoisotopic (exact) mass is 153 g/mol. The average Bonchev–Trinajstić information content (AvgIpc) is 1.56. The van der Waals surface area contributed by atoms with E-state index < -0.39 is 17.6 Å². The minimum atomic E-state index is -4.03. The molecule has 0 radical (unpaired) electrons. The molecule has 10 heavy (non-hydrogen) atoms. The third-order valence-corrected chi connectivity index (χ3v) is 1.89. The van der Waals surface area contributed by atoms with Gasteiger partial charge in [0.1, 0.15) is 0 Å². The van der Waals surface area contributed by atoms with Crippen LogP contribution in [0.15, 0.2) is 0 Å². The lowest BCUT2D eigenvalue weighted by atomic mass is 9.70. The normalized spacial score (nSPS) is 41.1. The molecule has 0 unspecified atom stereocenters. The van der Waals surface area contributed by atoms with Gasteiger partial charge in [0, 0.05) is 5.54 Å². The van der Waals surface area contributed by atoms with Gasteiger partial charge in [-0.1, -0.05) is 0 Å². The molecule has 4 heteroatoms. The van der Waals surface area contributed by atoms with Gasteiger partial charge in [-0.2, -0.15) is 13.2 Å². The van der Waals surface area contributed by atoms with Gasteiger partial charge >= 0.3 is 6.18 Å². The Morgan fingerprint density at radius 2 is 1.80 bits per heavy atom. The Labute approximate surface area is 57.4 Å². The molecular weight excluding hydrogens is 143 g/mol. The summed E-state index contributed by atoms with van der Waals surface area (Å²) in [6.45, 7) is 1.65. The molecule has 0 atom stereocenters. The maximum absolute atomic E-state index is 11.8. The second-order valence-electron chi connectivity index (χ2n) is 3.30. The van der Waals surface area contributed by atoms with Crippen molar-refractivity contribution < 1.29 is 13.2 Å². The van der Waals surface area contributed by atoms with Gasteiger partial charge in [0.15, 0.2) is 0 Å². The van der Waals surface area contributed by atoms with Gasteiger partial charge in [0.05, 0.1) is 5.92 Å². The molecule has 2 N–H and O–H groups in total. The third kappa shape index (κ3) is 1.42. The molecule has 1 rings (SSSR count). The van der Waals surface area contributed by atoms with Crippen LogP contribution in [-0.2, 0) is 0 Å². The summed E-state index contributed by atoms with van der Waals surface area (Å²) in [7, 11) is 0. The Bertz CT molecular complexity index is 130. The molecule has 60 valence electrons. The minimum absolute atomic E-state index is 0.0799. The molecule has 1 saturated carbocycles. The number of rotatable bonds is 0. The summed E-state index contributed by atoms with van der Waals surface area (Å²) in [5, 5.41) is 0. The number of hydrogen-bond acceptors (Lipinski definition) is 1. The van der Waals surface area contributed by atoms with Gasteiger partial charge in [-0.3, -0.25) is 0 Å². The van der Waals surface area contributed by atoms with Crippen molar-refractivity contribution in [2.75, 3.05) is 0 Å². The van der Waals surface area contributed by atoms with Gasteiger partial charge in [-0.05, 0) is 19.8 Å². The van der Waals surface area contributed by atoms with Crippen molar-refractivity contribution in [3.63, 3.8) is 0 Å². The maximum Gasteiger partial charge on any atom is 0.391 e. The van der Waals surface area contributed by atoms with Gasteiger partial charge in [-0.25, -0.2) is 0 Å². The summed E-state index contributed by atoms with van der Waals surface area (Å²) in [4.78, 5) is 0. The second kappa shape index (κ2) is 1.87. The van der Waals surface area contributed by atoms with Crippen molar-refractivity contribution in [2.45, 2.75) is 31.5 Å². The molecule has 1 aliphatic carbocycles. The Balaban J connectivity index is 2.40. The average molecular weight is 153 g/mol. The van der Waals surface area contributed by atoms with Crippen molar-refractivity contribution in [1.82, 2.24) is 0 Å². The lowest BCUT2D eigenvalue weighted by Gasteiger charge is -2.42. The zero-order chi connectivity index (χ0) is 7.99. The van der Waals surface area contributed by atoms with E-state index in [1.54, 1.807) is 6.92 Å². The summed E-state index contributed by atoms with van der Waals surface area (Å²) in [6.07, 6.45) is -3.87. The van der Waals surface area contributed by atoms with E-state index in [9.17, 15) is 13.2 Å². The Kier molecular flexibility index (Phi) is 1.47. The summed E-state index contributed by atoms with van der Waals surface area (Å²) in [5.74, 6) is -1.15. The molecule has 0 spiro atoms. The van der Waals surface area contributed by atoms with Crippen LogP contribution in [-0.4, -0.2) is 11.7 Å². The van der Waals surface area contributed by atoms with E-state index in [-0.39, 0.29) is 12.8 Å². The molecule has 0 aromatic heterocycles. The fourth-order valence-electron chi connectivity index (χ4n) is 1.30. The Hall–Kier alpha value is -0.250. The van der Waals surface area contributed by atoms with E-state index in [0.29, 0.717) is 0 Å². The van der Waals surface area contributed by atoms with E-state index in [1.807, 2.05) is 0 Å². The highest BCUT2D eigenvalue weighted by molar-refractivity contribution is 4.97. The molecule has 0 amide bonds. The van der Waals surface area contributed by atoms with E-state index >= 15 is 0 Å². The Morgan fingerprint density at radius 1 is 1.40 bits per heavy atom. The van der Waals surface area contributed by atoms with Crippen LogP contribution < -0.4 is 5.73 Å². The predicted octanol–water partition coefficient (Wildman–Crippen LogP) is 1.68. The van der Waals surface area contributed by atoms with Crippen LogP contribution in [0.5, 0.6) is 0 Å². The van der Waals surface area contributed by atoms with Gasteiger partial charge in [0.25, 0.3) is 0 Å². The van der Waals surface area contributed by atoms with Crippen LogP contribution in [0.1, 0.15) is 19.8 Å². The van der Waals surface area contributed by atoms with E-state index in [0.717, 1.165) is 0 Å². The molecule has 0 aromatic carbocycles. The van der Waals surface area contributed by atoms with E-state index in [4.69, 9.17) is 5.73 Å². The summed E-state index contributed by atoms with van der Waals surface area (Å²) >= 11 is 0. The van der Waals surface area contributed by atoms with E-state index in [2.05, 4.69) is 0 Å². The fraction of sp³-hybridized carbons (Fsp3) is 1.00. The van der Waals surface area contributed by atoms with Crippen molar-refractivity contribution >= 4 is 0 Å². The SMILES string of the molecule is CC1(N)CC(C(F)(F)F)C1. The van der Waals surface area contributed by atoms with Crippen LogP contribution in [0.25, 0.3) is 0 Å². The third-order valence-electron chi connectivity index (χ3n) is 1.89. The van der Waals surface area contributed by atoms with Gasteiger partial charge in [-0.15, -0.1) is 0 Å². The standard InChI is InChI=1S/C6H10F3N/c1-5(10)2-4(3-5)6(7,8)9/h4H,2-3,10H2,1H3. The smallest absolute Gasteiger partial charge is 0.325 e. The van der Waals surface area contributed by atoms with Gasteiger partial charge < -0.3 is 5.73 Å². The van der Waals surface area contributed by atoms with E-state index in [1.165, 1.54) is 0 Å². The lowest BCUT2D eigenvalue weighted by Crippen LogP contribution is -2.53. The lowest BCUT2D eigenvalue weighted by molar-refractivity contribution is -0.206. The fourth-order valence-corrected chi connectivity index (χ4v) is 1.30. The molecule has 1 nitrogen and oxygen atoms in total. The first-order valence-corrected chi connectivity index (χ1v) is 3.17. The van der Waals surface area contributed by atoms with Crippen LogP contribution in [0, 0.1) is 5.92 Å². The number of halogens is 3. The van der Waals surface area contributed by atoms with Crippen LogP contribution >= 0.6 is 0 Å². The van der Waals surface area contributed by atoms with Crippen molar-refractivity contribution in [2.24, 2.45) is 11.7 Å². The topological polar surface area (TPSA) is 26.0 Å². The van der Waals surface area contributed by atoms with Gasteiger partial charge in [0.2, 0.25) is 0 Å². The summed E-state index contributed by atoms with van der Waals surface area (Å²) in [5.41, 5.74) is 4.84. The second-order valence-corrected chi connectivity index (χ2v) is 3.30. The van der Waals surface area contributed by atoms with Crippen LogP contribution in [0.2, 0.25) is 0 Å². The summed E-state index contributed by atoms with van der Waals surface area (Å²) < 4.78 is 35.4. The maximum atomic E-state index is 11.8. The predicted molar refractivity (Wildman–Crippen MR) is 31.4 cm³/mol. The van der Waals surface area contributed by atoms with Crippen LogP contribution in [0.3, 0.4) is 0 Å². The molecule has 0 saturated heterocycles. The van der Waals surface area contributed by atoms with Crippen molar-refractivity contribution in [1.29, 1.82) is 0 Å². The first-order chi connectivity index (χ1) is 4.31. The number of nitrogens with two attached hydrogens (primary N) is 1. The largest absolute Gasteiger partial charge is 0.391 e. The Morgan fingerprint density at radius 3 is 1.90 bits per heavy atom. The zero-order valence-electron chi connectivity index (χ0n) is 5.70. The first kappa shape index (κ1) is 7.85. The highest BCUT2D eigenvalue weighted by Crippen LogP contribution is 2.45. The van der Waals surface area contributed by atoms with Crippen molar-refractivity contribution in [3.8, 4) is 0 Å². The first-order valence-electron chi connectivity index (χ1n) is 3.17. The quantitative estimate of drug-likeness (QED) is 0.563. The van der Waals surface area contributed by atoms with Crippen LogP contribution in [0.4, 0.5) is 13.2 Å². The highest BCUT2D eigenvalue weighted by atomic mass is 19.4. The van der Waals surface area contributed by atoms with Crippen molar-refractivity contribution in [3.05, 3.63) is 0 Å². The highest BCUT2D eigenvalue weighted by Gasteiger charge is 2.51. The number of alkyl halides is 3. The minimum Gasteiger partial charge on any atom is -0.325 e. The molecule has 1 fully saturated rings. The molecule has 0 heterocycles. The molecule has 1 aliphatic rings.